The molecule has 4 rings (SSSR count). The molecule has 4 heteroatoms. The van der Waals surface area contributed by atoms with Gasteiger partial charge < -0.3 is 9.47 Å². The van der Waals surface area contributed by atoms with E-state index in [2.05, 4.69) is 29.2 Å². The van der Waals surface area contributed by atoms with Crippen molar-refractivity contribution in [2.75, 3.05) is 27.3 Å². The molecule has 2 unspecified atom stereocenters. The zero-order valence-corrected chi connectivity index (χ0v) is 15.6. The molecule has 2 aliphatic rings. The van der Waals surface area contributed by atoms with Gasteiger partial charge in [-0.2, -0.15) is 0 Å². The zero-order valence-electron chi connectivity index (χ0n) is 14.8. The third-order valence-electron chi connectivity index (χ3n) is 5.73. The topological polar surface area (TPSA) is 21.7 Å². The highest BCUT2D eigenvalue weighted by Gasteiger charge is 2.35. The minimum Gasteiger partial charge on any atom is -0.493 e. The number of piperidine rings is 1. The second-order valence-electron chi connectivity index (χ2n) is 6.95. The number of fused-ring (bicyclic) bond motifs is 3. The molecule has 2 aromatic carbocycles. The van der Waals surface area contributed by atoms with Crippen molar-refractivity contribution in [3.8, 4) is 11.5 Å². The van der Waals surface area contributed by atoms with E-state index < -0.39 is 0 Å². The van der Waals surface area contributed by atoms with Gasteiger partial charge in [0.1, 0.15) is 0 Å². The summed E-state index contributed by atoms with van der Waals surface area (Å²) in [5.74, 6) is 2.16. The van der Waals surface area contributed by atoms with Gasteiger partial charge in [0.2, 0.25) is 0 Å². The van der Waals surface area contributed by atoms with E-state index in [1.54, 1.807) is 14.2 Å². The van der Waals surface area contributed by atoms with E-state index >= 15 is 0 Å². The lowest BCUT2D eigenvalue weighted by molar-refractivity contribution is 0.125. The van der Waals surface area contributed by atoms with Crippen LogP contribution in [0.4, 0.5) is 0 Å². The molecule has 0 aromatic heterocycles. The first-order valence-corrected chi connectivity index (χ1v) is 9.32. The number of ether oxygens (including phenoxy) is 2. The smallest absolute Gasteiger partial charge is 0.161 e. The van der Waals surface area contributed by atoms with Crippen molar-refractivity contribution in [1.29, 1.82) is 0 Å². The molecule has 2 aromatic rings. The van der Waals surface area contributed by atoms with E-state index in [0.29, 0.717) is 12.0 Å². The van der Waals surface area contributed by atoms with E-state index in [-0.39, 0.29) is 0 Å². The second kappa shape index (κ2) is 6.89. The fraction of sp³-hybridized carbons (Fsp3) is 0.429. The first-order valence-electron chi connectivity index (χ1n) is 8.94. The zero-order chi connectivity index (χ0) is 17.4. The fourth-order valence-electron chi connectivity index (χ4n) is 4.42. The van der Waals surface area contributed by atoms with Crippen molar-refractivity contribution in [2.45, 2.75) is 31.2 Å². The summed E-state index contributed by atoms with van der Waals surface area (Å²) >= 11 is 6.47. The van der Waals surface area contributed by atoms with Gasteiger partial charge in [-0.1, -0.05) is 29.8 Å². The lowest BCUT2D eigenvalue weighted by Crippen LogP contribution is -2.40. The normalized spacial score (nSPS) is 22.8. The van der Waals surface area contributed by atoms with Crippen molar-refractivity contribution in [3.05, 3.63) is 58.1 Å². The van der Waals surface area contributed by atoms with Crippen molar-refractivity contribution in [1.82, 2.24) is 4.90 Å². The Kier molecular flexibility index (Phi) is 4.61. The molecular formula is C21H24ClNO2. The van der Waals surface area contributed by atoms with Crippen LogP contribution >= 0.6 is 11.6 Å². The van der Waals surface area contributed by atoms with Gasteiger partial charge in [0.05, 0.1) is 14.2 Å². The van der Waals surface area contributed by atoms with Crippen LogP contribution in [0.1, 0.15) is 41.5 Å². The molecule has 1 fully saturated rings. The van der Waals surface area contributed by atoms with Crippen molar-refractivity contribution in [3.63, 3.8) is 0 Å². The Balaban J connectivity index is 1.69. The average molecular weight is 358 g/mol. The van der Waals surface area contributed by atoms with Crippen LogP contribution in [0.15, 0.2) is 36.4 Å². The Bertz CT molecular complexity index is 776. The molecule has 0 bridgehead atoms. The maximum Gasteiger partial charge on any atom is 0.161 e. The van der Waals surface area contributed by atoms with Gasteiger partial charge in [-0.25, -0.2) is 0 Å². The summed E-state index contributed by atoms with van der Waals surface area (Å²) in [4.78, 5) is 2.61. The number of nitrogens with zero attached hydrogens (tertiary/aromatic N) is 1. The van der Waals surface area contributed by atoms with Crippen LogP contribution in [0, 0.1) is 0 Å². The molecule has 25 heavy (non-hydrogen) atoms. The lowest BCUT2D eigenvalue weighted by atomic mass is 9.79. The molecule has 0 aliphatic carbocycles. The van der Waals surface area contributed by atoms with Crippen LogP contribution in [0.25, 0.3) is 0 Å². The molecule has 2 aliphatic heterocycles. The van der Waals surface area contributed by atoms with Crippen molar-refractivity contribution >= 4 is 11.6 Å². The first kappa shape index (κ1) is 16.7. The van der Waals surface area contributed by atoms with E-state index in [1.807, 2.05) is 12.1 Å². The van der Waals surface area contributed by atoms with Crippen LogP contribution in [-0.4, -0.2) is 32.2 Å². The number of benzene rings is 2. The summed E-state index contributed by atoms with van der Waals surface area (Å²) in [7, 11) is 3.41. The highest BCUT2D eigenvalue weighted by atomic mass is 35.5. The molecule has 0 spiro atoms. The minimum atomic E-state index is 0.429. The standard InChI is InChI=1S/C21H24ClNO2/c1-24-20-12-15-8-10-23-9-7-14(16-5-3-4-6-18(16)22)11-19(23)17(15)13-21(20)25-2/h3-6,12-14,19H,7-11H2,1-2H3. The molecule has 0 saturated carbocycles. The maximum absolute atomic E-state index is 6.47. The highest BCUT2D eigenvalue weighted by Crippen LogP contribution is 2.46. The fourth-order valence-corrected chi connectivity index (χ4v) is 4.71. The first-order chi connectivity index (χ1) is 12.2. The van der Waals surface area contributed by atoms with Gasteiger partial charge in [0.15, 0.2) is 11.5 Å². The van der Waals surface area contributed by atoms with Crippen LogP contribution in [0.2, 0.25) is 5.02 Å². The third-order valence-corrected chi connectivity index (χ3v) is 6.08. The molecule has 3 nitrogen and oxygen atoms in total. The molecule has 0 N–H and O–H groups in total. The lowest BCUT2D eigenvalue weighted by Gasteiger charge is -2.44. The summed E-state index contributed by atoms with van der Waals surface area (Å²) in [5.41, 5.74) is 4.07. The van der Waals surface area contributed by atoms with Crippen LogP contribution in [0.5, 0.6) is 11.5 Å². The Morgan fingerprint density at radius 3 is 2.52 bits per heavy atom. The largest absolute Gasteiger partial charge is 0.493 e. The number of methoxy groups -OCH3 is 2. The van der Waals surface area contributed by atoms with E-state index in [4.69, 9.17) is 21.1 Å². The van der Waals surface area contributed by atoms with Crippen LogP contribution in [0.3, 0.4) is 0 Å². The van der Waals surface area contributed by atoms with Gasteiger partial charge in [-0.05, 0) is 66.6 Å². The Morgan fingerprint density at radius 1 is 1.00 bits per heavy atom. The predicted molar refractivity (Wildman–Crippen MR) is 101 cm³/mol. The molecule has 0 amide bonds. The third kappa shape index (κ3) is 3.00. The van der Waals surface area contributed by atoms with E-state index in [9.17, 15) is 0 Å². The molecule has 2 atom stereocenters. The quantitative estimate of drug-likeness (QED) is 0.785. The van der Waals surface area contributed by atoms with Gasteiger partial charge in [-0.15, -0.1) is 0 Å². The maximum atomic E-state index is 6.47. The molecule has 1 saturated heterocycles. The summed E-state index contributed by atoms with van der Waals surface area (Å²) in [6, 6.07) is 13.1. The predicted octanol–water partition coefficient (Wildman–Crippen LogP) is 4.83. The Hall–Kier alpha value is -1.71. The van der Waals surface area contributed by atoms with Gasteiger partial charge in [0, 0.05) is 17.6 Å². The summed E-state index contributed by atoms with van der Waals surface area (Å²) in [5, 5.41) is 0.893. The number of halogens is 1. The Morgan fingerprint density at radius 2 is 1.76 bits per heavy atom. The van der Waals surface area contributed by atoms with E-state index in [0.717, 1.165) is 42.5 Å². The SMILES string of the molecule is COc1cc2c(cc1OC)C1CC(c3ccccc3Cl)CCN1CC2. The van der Waals surface area contributed by atoms with Crippen molar-refractivity contribution in [2.24, 2.45) is 0 Å². The minimum absolute atomic E-state index is 0.429. The van der Waals surface area contributed by atoms with Crippen molar-refractivity contribution < 1.29 is 9.47 Å². The number of hydrogen-bond donors (Lipinski definition) is 0. The second-order valence-corrected chi connectivity index (χ2v) is 7.36. The van der Waals surface area contributed by atoms with Gasteiger partial charge >= 0.3 is 0 Å². The molecule has 2 heterocycles. The Labute approximate surface area is 154 Å². The summed E-state index contributed by atoms with van der Waals surface area (Å²) in [6.07, 6.45) is 3.35. The highest BCUT2D eigenvalue weighted by molar-refractivity contribution is 6.31. The number of hydrogen-bond acceptors (Lipinski definition) is 3. The summed E-state index contributed by atoms with van der Waals surface area (Å²) < 4.78 is 11.0. The summed E-state index contributed by atoms with van der Waals surface area (Å²) in [6.45, 7) is 2.23. The number of rotatable bonds is 3. The van der Waals surface area contributed by atoms with Gasteiger partial charge in [0.25, 0.3) is 0 Å². The van der Waals surface area contributed by atoms with Gasteiger partial charge in [-0.3, -0.25) is 4.90 Å². The monoisotopic (exact) mass is 357 g/mol. The molecular weight excluding hydrogens is 334 g/mol. The van der Waals surface area contributed by atoms with Crippen LogP contribution in [-0.2, 0) is 6.42 Å². The van der Waals surface area contributed by atoms with Crippen LogP contribution < -0.4 is 9.47 Å². The molecule has 132 valence electrons. The van der Waals surface area contributed by atoms with E-state index in [1.165, 1.54) is 23.1 Å². The average Bonchev–Trinajstić information content (AvgIpc) is 2.66. The molecule has 0 radical (unpaired) electrons.